The lowest BCUT2D eigenvalue weighted by molar-refractivity contribution is -0.160. The maximum Gasteiger partial charge on any atom is 0.335 e. The van der Waals surface area contributed by atoms with E-state index in [1.165, 1.54) is 5.57 Å². The Morgan fingerprint density at radius 1 is 1.10 bits per heavy atom. The predicted molar refractivity (Wildman–Crippen MR) is 109 cm³/mol. The number of hydrogen-bond donors (Lipinski definition) is 3. The fraction of sp³-hybridized carbons (Fsp3) is 0.792. The molecule has 2 unspecified atom stereocenters. The van der Waals surface area contributed by atoms with Crippen LogP contribution >= 0.6 is 0 Å². The van der Waals surface area contributed by atoms with Crippen LogP contribution in [0.4, 0.5) is 0 Å². The minimum atomic E-state index is -2.10. The Labute approximate surface area is 181 Å². The van der Waals surface area contributed by atoms with E-state index in [1.54, 1.807) is 0 Å². The quantitative estimate of drug-likeness (QED) is 0.580. The summed E-state index contributed by atoms with van der Waals surface area (Å²) in [6.07, 6.45) is 2.53. The van der Waals surface area contributed by atoms with Gasteiger partial charge in [-0.15, -0.1) is 0 Å². The zero-order valence-electron chi connectivity index (χ0n) is 18.3. The van der Waals surface area contributed by atoms with Crippen LogP contribution in [0.1, 0.15) is 59.3 Å². The number of carbonyl (C=O) groups excluding carboxylic acids is 2. The molecule has 1 saturated heterocycles. The molecule has 7 nitrogen and oxygen atoms in total. The number of carbonyl (C=O) groups is 3. The van der Waals surface area contributed by atoms with Crippen LogP contribution in [0.25, 0.3) is 0 Å². The summed E-state index contributed by atoms with van der Waals surface area (Å²) in [5.74, 6) is -1.94. The van der Waals surface area contributed by atoms with Crippen LogP contribution in [-0.4, -0.2) is 56.8 Å². The van der Waals surface area contributed by atoms with Crippen LogP contribution in [-0.2, 0) is 19.1 Å². The maximum absolute atomic E-state index is 13.0. The summed E-state index contributed by atoms with van der Waals surface area (Å²) in [7, 11) is 0. The van der Waals surface area contributed by atoms with Gasteiger partial charge < -0.3 is 20.1 Å². The van der Waals surface area contributed by atoms with Crippen molar-refractivity contribution in [3.05, 3.63) is 11.6 Å². The molecular formula is C24H32O7. The molecule has 1 aliphatic heterocycles. The fourth-order valence-electron chi connectivity index (χ4n) is 8.30. The first-order valence-corrected chi connectivity index (χ1v) is 11.5. The molecule has 170 valence electrons. The van der Waals surface area contributed by atoms with Crippen LogP contribution in [0.2, 0.25) is 0 Å². The number of Topliss-reactive ketones (excluding diaryl/α,β-unsaturated/α-hetero) is 1. The number of epoxide rings is 1. The van der Waals surface area contributed by atoms with Gasteiger partial charge in [0.05, 0.1) is 6.10 Å². The highest BCUT2D eigenvalue weighted by Gasteiger charge is 2.79. The average molecular weight is 433 g/mol. The molecule has 4 fully saturated rings. The number of carboxylic acid groups (broad SMARTS) is 1. The lowest BCUT2D eigenvalue weighted by Crippen LogP contribution is -2.59. The first kappa shape index (κ1) is 21.3. The van der Waals surface area contributed by atoms with Gasteiger partial charge in [0.25, 0.3) is 0 Å². The summed E-state index contributed by atoms with van der Waals surface area (Å²) in [6.45, 7) is 6.32. The Kier molecular flexibility index (Phi) is 4.45. The van der Waals surface area contributed by atoms with Gasteiger partial charge in [0, 0.05) is 17.3 Å². The number of fused-ring (bicyclic) bond motifs is 3. The average Bonchev–Trinajstić information content (AvgIpc) is 3.32. The van der Waals surface area contributed by atoms with Crippen LogP contribution in [0.15, 0.2) is 11.6 Å². The van der Waals surface area contributed by atoms with Crippen LogP contribution in [0, 0.1) is 34.5 Å². The number of aliphatic hydroxyl groups is 2. The van der Waals surface area contributed by atoms with Gasteiger partial charge in [-0.1, -0.05) is 26.3 Å². The van der Waals surface area contributed by atoms with Crippen molar-refractivity contribution in [1.29, 1.82) is 0 Å². The standard InChI is InChI=1S/C24H32O7/c1-11-9-23(3)12(8-16(11)25)4-5-14-13-6-7-15(18(26)19(27)20(28)21(29)30)22(13,2)10-17-24(14,23)31-17/h8,11,13-15,17,19-20,27-28H,4-7,9-10H2,1-3H3,(H,29,30)/t11-,13+,14+,15-,17+,19?,20?,22+,23+,24-/m1/s1. The molecule has 3 saturated carbocycles. The van der Waals surface area contributed by atoms with Crippen molar-refractivity contribution < 1.29 is 34.4 Å². The Balaban J connectivity index is 1.46. The zero-order valence-corrected chi connectivity index (χ0v) is 18.3. The SMILES string of the molecule is C[C@@H]1C[C@@]2(C)C(=CC1=O)CC[C@H]1[C@@H]3CC[C@H](C(=O)C(O)C(O)C(=O)O)[C@@]3(C)C[C@@H]3O[C@@]312. The van der Waals surface area contributed by atoms with E-state index in [9.17, 15) is 24.6 Å². The minimum Gasteiger partial charge on any atom is -0.479 e. The number of rotatable bonds is 4. The molecule has 0 radical (unpaired) electrons. The molecule has 0 aromatic carbocycles. The van der Waals surface area contributed by atoms with E-state index in [1.807, 2.05) is 13.0 Å². The van der Waals surface area contributed by atoms with Crippen molar-refractivity contribution >= 4 is 17.5 Å². The third kappa shape index (κ3) is 2.54. The Hall–Kier alpha value is -1.57. The van der Waals surface area contributed by atoms with E-state index in [4.69, 9.17) is 9.84 Å². The van der Waals surface area contributed by atoms with E-state index < -0.39 is 29.9 Å². The van der Waals surface area contributed by atoms with Gasteiger partial charge in [0.1, 0.15) is 11.7 Å². The first-order chi connectivity index (χ1) is 14.5. The van der Waals surface area contributed by atoms with E-state index in [0.29, 0.717) is 12.8 Å². The fourth-order valence-corrected chi connectivity index (χ4v) is 8.30. The second kappa shape index (κ2) is 6.49. The maximum atomic E-state index is 13.0. The van der Waals surface area contributed by atoms with E-state index in [0.717, 1.165) is 25.7 Å². The lowest BCUT2D eigenvalue weighted by atomic mass is 9.45. The predicted octanol–water partition coefficient (Wildman–Crippen LogP) is 1.89. The van der Waals surface area contributed by atoms with E-state index >= 15 is 0 Å². The van der Waals surface area contributed by atoms with Gasteiger partial charge >= 0.3 is 5.97 Å². The van der Waals surface area contributed by atoms with E-state index in [2.05, 4.69) is 13.8 Å². The van der Waals surface area contributed by atoms with E-state index in [-0.39, 0.29) is 46.1 Å². The number of ether oxygens (including phenoxy) is 1. The topological polar surface area (TPSA) is 124 Å². The van der Waals surface area contributed by atoms with Gasteiger partial charge in [0.2, 0.25) is 0 Å². The second-order valence-electron chi connectivity index (χ2n) is 11.1. The molecular weight excluding hydrogens is 400 g/mol. The molecule has 0 aromatic heterocycles. The molecule has 5 rings (SSSR count). The Morgan fingerprint density at radius 2 is 1.81 bits per heavy atom. The molecule has 5 aliphatic rings. The van der Waals surface area contributed by atoms with Crippen LogP contribution < -0.4 is 0 Å². The number of hydrogen-bond acceptors (Lipinski definition) is 6. The van der Waals surface area contributed by atoms with Crippen molar-refractivity contribution in [3.8, 4) is 0 Å². The molecule has 7 heteroatoms. The molecule has 4 aliphatic carbocycles. The summed E-state index contributed by atoms with van der Waals surface area (Å²) >= 11 is 0. The highest BCUT2D eigenvalue weighted by Crippen LogP contribution is 2.76. The van der Waals surface area contributed by atoms with Crippen LogP contribution in [0.3, 0.4) is 0 Å². The highest BCUT2D eigenvalue weighted by molar-refractivity contribution is 5.94. The number of ketones is 2. The summed E-state index contributed by atoms with van der Waals surface area (Å²) in [5.41, 5.74) is 0.367. The summed E-state index contributed by atoms with van der Waals surface area (Å²) < 4.78 is 6.53. The van der Waals surface area contributed by atoms with Gasteiger partial charge in [-0.05, 0) is 61.9 Å². The third-order valence-electron chi connectivity index (χ3n) is 9.83. The monoisotopic (exact) mass is 432 g/mol. The van der Waals surface area contributed by atoms with Crippen LogP contribution in [0.5, 0.6) is 0 Å². The van der Waals surface area contributed by atoms with Crippen molar-refractivity contribution in [2.75, 3.05) is 0 Å². The molecule has 0 bridgehead atoms. The smallest absolute Gasteiger partial charge is 0.335 e. The molecule has 0 amide bonds. The molecule has 1 heterocycles. The molecule has 0 aromatic rings. The van der Waals surface area contributed by atoms with Crippen molar-refractivity contribution in [1.82, 2.24) is 0 Å². The van der Waals surface area contributed by atoms with Gasteiger partial charge in [-0.3, -0.25) is 9.59 Å². The number of aliphatic carboxylic acids is 1. The van der Waals surface area contributed by atoms with Gasteiger partial charge in [-0.2, -0.15) is 0 Å². The summed E-state index contributed by atoms with van der Waals surface area (Å²) in [4.78, 5) is 36.5. The normalized spacial score (nSPS) is 49.6. The highest BCUT2D eigenvalue weighted by atomic mass is 16.6. The zero-order chi connectivity index (χ0) is 22.5. The number of carboxylic acids is 1. The Bertz CT molecular complexity index is 894. The minimum absolute atomic E-state index is 0.00259. The molecule has 31 heavy (non-hydrogen) atoms. The first-order valence-electron chi connectivity index (χ1n) is 11.5. The summed E-state index contributed by atoms with van der Waals surface area (Å²) in [6, 6.07) is 0. The number of aliphatic hydroxyl groups excluding tert-OH is 2. The lowest BCUT2D eigenvalue weighted by Gasteiger charge is -2.56. The molecule has 10 atom stereocenters. The van der Waals surface area contributed by atoms with Crippen molar-refractivity contribution in [2.24, 2.45) is 34.5 Å². The van der Waals surface area contributed by atoms with Crippen molar-refractivity contribution in [2.45, 2.75) is 83.2 Å². The molecule has 3 N–H and O–H groups in total. The van der Waals surface area contributed by atoms with Gasteiger partial charge in [0.15, 0.2) is 17.7 Å². The second-order valence-corrected chi connectivity index (χ2v) is 11.1. The molecule has 1 spiro atoms. The Morgan fingerprint density at radius 3 is 2.48 bits per heavy atom. The van der Waals surface area contributed by atoms with Crippen molar-refractivity contribution in [3.63, 3.8) is 0 Å². The van der Waals surface area contributed by atoms with Gasteiger partial charge in [-0.25, -0.2) is 4.79 Å². The summed E-state index contributed by atoms with van der Waals surface area (Å²) in [5, 5.41) is 29.0. The largest absolute Gasteiger partial charge is 0.479 e. The third-order valence-corrected chi connectivity index (χ3v) is 9.83.